The Kier molecular flexibility index (Phi) is 1.67. The van der Waals surface area contributed by atoms with E-state index in [1.165, 1.54) is 0 Å². The molecule has 8 atom stereocenters. The van der Waals surface area contributed by atoms with E-state index in [2.05, 4.69) is 26.0 Å². The first-order valence-corrected chi connectivity index (χ1v) is 7.52. The van der Waals surface area contributed by atoms with Crippen LogP contribution in [0.2, 0.25) is 0 Å². The Morgan fingerprint density at radius 2 is 1.24 bits per heavy atom. The molecule has 5 aliphatic rings. The second kappa shape index (κ2) is 2.84. The summed E-state index contributed by atoms with van der Waals surface area (Å²) in [5.41, 5.74) is -2.29. The highest BCUT2D eigenvalue weighted by molar-refractivity contribution is 5.99. The van der Waals surface area contributed by atoms with Crippen LogP contribution in [0.3, 0.4) is 0 Å². The van der Waals surface area contributed by atoms with E-state index < -0.39 is 46.2 Å². The van der Waals surface area contributed by atoms with E-state index in [9.17, 15) is 9.59 Å². The van der Waals surface area contributed by atoms with Gasteiger partial charge < -0.3 is 14.2 Å². The molecule has 0 radical (unpaired) electrons. The maximum absolute atomic E-state index is 12.2. The van der Waals surface area contributed by atoms with Crippen LogP contribution in [0.15, 0.2) is 12.2 Å². The second-order valence-corrected chi connectivity index (χ2v) is 7.92. The molecule has 0 aromatic rings. The normalized spacial score (nSPS) is 65.9. The smallest absolute Gasteiger partial charge is 0.320 e. The molecule has 8 unspecified atom stereocenters. The third-order valence-corrected chi connectivity index (χ3v) is 6.71. The van der Waals surface area contributed by atoms with Crippen molar-refractivity contribution >= 4 is 11.9 Å². The summed E-state index contributed by atoms with van der Waals surface area (Å²) in [6, 6.07) is 0. The molecule has 5 heteroatoms. The van der Waals surface area contributed by atoms with Gasteiger partial charge in [0.25, 0.3) is 0 Å². The molecule has 0 aliphatic carbocycles. The minimum atomic E-state index is -0.704. The van der Waals surface area contributed by atoms with Crippen LogP contribution < -0.4 is 0 Å². The lowest BCUT2D eigenvalue weighted by Gasteiger charge is -2.44. The molecule has 4 bridgehead atoms. The van der Waals surface area contributed by atoms with Gasteiger partial charge in [-0.1, -0.05) is 12.2 Å². The van der Waals surface area contributed by atoms with Crippen LogP contribution in [0, 0.1) is 23.7 Å². The Morgan fingerprint density at radius 1 is 0.810 bits per heavy atom. The second-order valence-electron chi connectivity index (χ2n) is 7.92. The number of hydrogen-bond donors (Lipinski definition) is 0. The van der Waals surface area contributed by atoms with Crippen molar-refractivity contribution in [3.63, 3.8) is 0 Å². The number of carbonyl (C=O) groups excluding carboxylic acids is 2. The maximum atomic E-state index is 12.2. The molecule has 5 nitrogen and oxygen atoms in total. The van der Waals surface area contributed by atoms with Gasteiger partial charge in [-0.05, 0) is 27.7 Å². The molecule has 4 saturated heterocycles. The predicted molar refractivity (Wildman–Crippen MR) is 70.0 cm³/mol. The van der Waals surface area contributed by atoms with Gasteiger partial charge in [0.05, 0.1) is 22.4 Å². The molecule has 4 fully saturated rings. The molecule has 0 amide bonds. The van der Waals surface area contributed by atoms with Crippen LogP contribution in [0.4, 0.5) is 0 Å². The fourth-order valence-electron chi connectivity index (χ4n) is 6.41. The van der Waals surface area contributed by atoms with Crippen molar-refractivity contribution in [3.05, 3.63) is 12.2 Å². The molecule has 0 N–H and O–H groups in total. The number of rotatable bonds is 0. The van der Waals surface area contributed by atoms with Crippen molar-refractivity contribution in [3.8, 4) is 0 Å². The lowest BCUT2D eigenvalue weighted by molar-refractivity contribution is -0.168. The molecule has 0 spiro atoms. The van der Waals surface area contributed by atoms with Gasteiger partial charge >= 0.3 is 11.9 Å². The summed E-state index contributed by atoms with van der Waals surface area (Å²) in [5, 5.41) is 0. The van der Waals surface area contributed by atoms with Gasteiger partial charge in [0.2, 0.25) is 0 Å². The van der Waals surface area contributed by atoms with Crippen LogP contribution in [0.5, 0.6) is 0 Å². The van der Waals surface area contributed by atoms with Gasteiger partial charge in [-0.25, -0.2) is 0 Å². The molecule has 5 heterocycles. The van der Waals surface area contributed by atoms with Crippen LogP contribution in [0.1, 0.15) is 27.7 Å². The number of esters is 2. The SMILES string of the molecule is CC12C=CC(C)(O1)C1C2C2(C)OC1(C)C1C(=O)OC(=O)C12. The molecular formula is C16H18O5. The van der Waals surface area contributed by atoms with Crippen molar-refractivity contribution < 1.29 is 23.8 Å². The zero-order valence-corrected chi connectivity index (χ0v) is 12.5. The largest absolute Gasteiger partial charge is 0.393 e. The lowest BCUT2D eigenvalue weighted by Crippen LogP contribution is -2.58. The van der Waals surface area contributed by atoms with E-state index in [-0.39, 0.29) is 11.8 Å². The van der Waals surface area contributed by atoms with Crippen molar-refractivity contribution in [2.24, 2.45) is 23.7 Å². The van der Waals surface area contributed by atoms with Gasteiger partial charge in [0, 0.05) is 11.8 Å². The van der Waals surface area contributed by atoms with Crippen LogP contribution in [-0.2, 0) is 23.8 Å². The highest BCUT2D eigenvalue weighted by Gasteiger charge is 2.86. The summed E-state index contributed by atoms with van der Waals surface area (Å²) >= 11 is 0. The van der Waals surface area contributed by atoms with Gasteiger partial charge in [-0.15, -0.1) is 0 Å². The first kappa shape index (κ1) is 12.4. The van der Waals surface area contributed by atoms with Gasteiger partial charge in [-0.3, -0.25) is 9.59 Å². The molecular weight excluding hydrogens is 272 g/mol. The van der Waals surface area contributed by atoms with Gasteiger partial charge in [0.1, 0.15) is 11.8 Å². The average Bonchev–Trinajstić information content (AvgIpc) is 3.02. The minimum Gasteiger partial charge on any atom is -0.393 e. The molecule has 5 aliphatic heterocycles. The number of fused-ring (bicyclic) bond motifs is 12. The Bertz CT molecular complexity index is 603. The molecule has 0 saturated carbocycles. The zero-order chi connectivity index (χ0) is 15.0. The Labute approximate surface area is 122 Å². The molecule has 5 rings (SSSR count). The van der Waals surface area contributed by atoms with E-state index in [1.807, 2.05) is 13.8 Å². The monoisotopic (exact) mass is 290 g/mol. The number of ether oxygens (including phenoxy) is 3. The maximum Gasteiger partial charge on any atom is 0.320 e. The van der Waals surface area contributed by atoms with Gasteiger partial charge in [0.15, 0.2) is 0 Å². The molecule has 21 heavy (non-hydrogen) atoms. The quantitative estimate of drug-likeness (QED) is 0.381. The highest BCUT2D eigenvalue weighted by Crippen LogP contribution is 2.74. The first-order valence-electron chi connectivity index (χ1n) is 7.52. The van der Waals surface area contributed by atoms with E-state index in [1.54, 1.807) is 0 Å². The van der Waals surface area contributed by atoms with E-state index in [0.717, 1.165) is 0 Å². The average molecular weight is 290 g/mol. The van der Waals surface area contributed by atoms with Crippen LogP contribution >= 0.6 is 0 Å². The van der Waals surface area contributed by atoms with Crippen molar-refractivity contribution in [1.29, 1.82) is 0 Å². The first-order chi connectivity index (χ1) is 9.66. The topological polar surface area (TPSA) is 61.8 Å². The summed E-state index contributed by atoms with van der Waals surface area (Å²) in [6.07, 6.45) is 4.17. The number of hydrogen-bond acceptors (Lipinski definition) is 5. The van der Waals surface area contributed by atoms with Crippen molar-refractivity contribution in [2.45, 2.75) is 50.1 Å². The fourth-order valence-corrected chi connectivity index (χ4v) is 6.41. The lowest BCUT2D eigenvalue weighted by atomic mass is 9.51. The van der Waals surface area contributed by atoms with Crippen molar-refractivity contribution in [1.82, 2.24) is 0 Å². The van der Waals surface area contributed by atoms with Crippen molar-refractivity contribution in [2.75, 3.05) is 0 Å². The number of cyclic esters (lactones) is 2. The third-order valence-electron chi connectivity index (χ3n) is 6.71. The predicted octanol–water partition coefficient (Wildman–Crippen LogP) is 1.21. The fraction of sp³-hybridized carbons (Fsp3) is 0.750. The van der Waals surface area contributed by atoms with Crippen LogP contribution in [-0.4, -0.2) is 34.3 Å². The highest BCUT2D eigenvalue weighted by atomic mass is 16.6. The van der Waals surface area contributed by atoms with Gasteiger partial charge in [-0.2, -0.15) is 0 Å². The summed E-state index contributed by atoms with van der Waals surface area (Å²) in [7, 11) is 0. The van der Waals surface area contributed by atoms with E-state index in [4.69, 9.17) is 14.2 Å². The van der Waals surface area contributed by atoms with E-state index in [0.29, 0.717) is 0 Å². The number of carbonyl (C=O) groups is 2. The third kappa shape index (κ3) is 0.974. The Morgan fingerprint density at radius 3 is 1.67 bits per heavy atom. The van der Waals surface area contributed by atoms with E-state index >= 15 is 0 Å². The zero-order valence-electron chi connectivity index (χ0n) is 12.5. The summed E-state index contributed by atoms with van der Waals surface area (Å²) in [5.74, 6) is -1.76. The summed E-state index contributed by atoms with van der Waals surface area (Å²) < 4.78 is 17.6. The summed E-state index contributed by atoms with van der Waals surface area (Å²) in [4.78, 5) is 24.4. The standard InChI is InChI=1S/C16H18O5/c1-13-5-6-14(2,20-13)10-9(13)15(3)7-8(16(10,4)21-15)12(18)19-11(7)17/h5-10H,1-4H3. The molecule has 112 valence electrons. The molecule has 0 aromatic heterocycles. The minimum absolute atomic E-state index is 0.0599. The Hall–Kier alpha value is -1.20. The molecule has 0 aromatic carbocycles. The summed E-state index contributed by atoms with van der Waals surface area (Å²) in [6.45, 7) is 8.00. The Balaban J connectivity index is 1.78. The van der Waals surface area contributed by atoms with Crippen LogP contribution in [0.25, 0.3) is 0 Å².